The Morgan fingerprint density at radius 3 is 3.09 bits per heavy atom. The summed E-state index contributed by atoms with van der Waals surface area (Å²) in [5.74, 6) is 0.782. The van der Waals surface area contributed by atoms with Crippen molar-refractivity contribution < 1.29 is 9.64 Å². The Kier molecular flexibility index (Phi) is 5.42. The number of hydrogen-bond acceptors (Lipinski definition) is 4. The lowest BCUT2D eigenvalue weighted by Crippen LogP contribution is -3.13. The van der Waals surface area contributed by atoms with Gasteiger partial charge in [-0.15, -0.1) is 5.10 Å². The third-order valence-corrected chi connectivity index (χ3v) is 5.49. The van der Waals surface area contributed by atoms with Gasteiger partial charge in [-0.05, 0) is 6.07 Å². The molecule has 8 heteroatoms. The van der Waals surface area contributed by atoms with Crippen molar-refractivity contribution in [3.05, 3.63) is 45.3 Å². The van der Waals surface area contributed by atoms with Crippen molar-refractivity contribution in [2.45, 2.75) is 17.8 Å². The molecule has 0 aliphatic carbocycles. The molecule has 23 heavy (non-hydrogen) atoms. The third kappa shape index (κ3) is 4.17. The van der Waals surface area contributed by atoms with Crippen LogP contribution in [0.1, 0.15) is 5.56 Å². The van der Waals surface area contributed by atoms with Crippen molar-refractivity contribution in [3.63, 3.8) is 0 Å². The molecule has 2 heterocycles. The highest BCUT2D eigenvalue weighted by Crippen LogP contribution is 2.16. The second-order valence-corrected chi connectivity index (χ2v) is 7.04. The molecule has 2 aromatic rings. The largest absolute Gasteiger partial charge is 0.366 e. The maximum absolute atomic E-state index is 11.4. The molecule has 1 saturated heterocycles. The van der Waals surface area contributed by atoms with E-state index in [9.17, 15) is 4.79 Å². The highest BCUT2D eigenvalue weighted by molar-refractivity contribution is 7.99. The molecule has 1 unspecified atom stereocenters. The first kappa shape index (κ1) is 16.6. The van der Waals surface area contributed by atoms with E-state index < -0.39 is 0 Å². The minimum absolute atomic E-state index is 0.151. The van der Waals surface area contributed by atoms with Crippen molar-refractivity contribution in [1.82, 2.24) is 14.8 Å². The minimum Gasteiger partial charge on any atom is -0.366 e. The zero-order valence-corrected chi connectivity index (χ0v) is 14.5. The lowest BCUT2D eigenvalue weighted by atomic mass is 10.2. The van der Waals surface area contributed by atoms with Gasteiger partial charge in [-0.1, -0.05) is 41.6 Å². The number of ether oxygens (including phenoxy) is 1. The summed E-state index contributed by atoms with van der Waals surface area (Å²) in [6, 6.07) is 7.98. The SMILES string of the molecule is Cn1c(SC[C@@H]2C[NH+](Cc3ccccc3Cl)CCO2)n[nH]c1=O. The zero-order chi connectivity index (χ0) is 16.2. The first-order chi connectivity index (χ1) is 11.1. The van der Waals surface area contributed by atoms with Crippen LogP contribution in [0, 0.1) is 0 Å². The van der Waals surface area contributed by atoms with Gasteiger partial charge < -0.3 is 9.64 Å². The molecule has 1 aliphatic rings. The zero-order valence-electron chi connectivity index (χ0n) is 12.9. The molecule has 1 aliphatic heterocycles. The molecule has 0 radical (unpaired) electrons. The van der Waals surface area contributed by atoms with Gasteiger partial charge in [-0.25, -0.2) is 9.89 Å². The van der Waals surface area contributed by atoms with E-state index in [0.717, 1.165) is 37.0 Å². The smallest absolute Gasteiger partial charge is 0.343 e. The average molecular weight is 356 g/mol. The fraction of sp³-hybridized carbons (Fsp3) is 0.467. The lowest BCUT2D eigenvalue weighted by Gasteiger charge is -2.30. The molecule has 0 saturated carbocycles. The molecule has 1 fully saturated rings. The first-order valence-corrected chi connectivity index (χ1v) is 8.92. The van der Waals surface area contributed by atoms with E-state index in [0.29, 0.717) is 5.16 Å². The number of morpholine rings is 1. The lowest BCUT2D eigenvalue weighted by molar-refractivity contribution is -0.924. The predicted molar refractivity (Wildman–Crippen MR) is 90.1 cm³/mol. The quantitative estimate of drug-likeness (QED) is 0.759. The van der Waals surface area contributed by atoms with Gasteiger partial charge in [-0.3, -0.25) is 4.57 Å². The summed E-state index contributed by atoms with van der Waals surface area (Å²) in [6.07, 6.45) is 0.151. The normalized spacial score (nSPS) is 21.5. The molecule has 0 spiro atoms. The summed E-state index contributed by atoms with van der Waals surface area (Å²) in [4.78, 5) is 12.8. The van der Waals surface area contributed by atoms with Crippen molar-refractivity contribution >= 4 is 23.4 Å². The highest BCUT2D eigenvalue weighted by atomic mass is 35.5. The standard InChI is InChI=1S/C15H19ClN4O2S/c1-19-14(21)17-18-15(19)23-10-12-9-20(6-7-22-12)8-11-4-2-3-5-13(11)16/h2-5,12H,6-10H2,1H3,(H,17,21)/p+1/t12-/m0/s1. The van der Waals surface area contributed by atoms with Crippen LogP contribution >= 0.6 is 23.4 Å². The molecule has 3 rings (SSSR count). The van der Waals surface area contributed by atoms with E-state index in [-0.39, 0.29) is 11.8 Å². The number of H-pyrrole nitrogens is 1. The second-order valence-electron chi connectivity index (χ2n) is 5.65. The summed E-state index contributed by atoms with van der Waals surface area (Å²) in [5.41, 5.74) is 0.982. The molecule has 2 atom stereocenters. The summed E-state index contributed by atoms with van der Waals surface area (Å²) < 4.78 is 7.36. The number of quaternary nitrogens is 1. The topological polar surface area (TPSA) is 64.3 Å². The Morgan fingerprint density at radius 1 is 1.52 bits per heavy atom. The van der Waals surface area contributed by atoms with Crippen molar-refractivity contribution in [2.75, 3.05) is 25.4 Å². The molecule has 2 N–H and O–H groups in total. The summed E-state index contributed by atoms with van der Waals surface area (Å²) in [5, 5.41) is 7.97. The van der Waals surface area contributed by atoms with Crippen LogP contribution in [0.4, 0.5) is 0 Å². The molecular formula is C15H20ClN4O2S+. The van der Waals surface area contributed by atoms with Crippen LogP contribution in [0.15, 0.2) is 34.2 Å². The summed E-state index contributed by atoms with van der Waals surface area (Å²) in [6.45, 7) is 3.56. The molecule has 6 nitrogen and oxygen atoms in total. The van der Waals surface area contributed by atoms with E-state index in [1.54, 1.807) is 18.8 Å². The molecule has 0 bridgehead atoms. The predicted octanol–water partition coefficient (Wildman–Crippen LogP) is 0.338. The van der Waals surface area contributed by atoms with Crippen molar-refractivity contribution in [3.8, 4) is 0 Å². The van der Waals surface area contributed by atoms with Crippen LogP contribution in [-0.2, 0) is 18.3 Å². The third-order valence-electron chi connectivity index (χ3n) is 3.96. The second kappa shape index (κ2) is 7.53. The van der Waals surface area contributed by atoms with Crippen LogP contribution in [0.2, 0.25) is 5.02 Å². The van der Waals surface area contributed by atoms with Gasteiger partial charge in [0.1, 0.15) is 25.7 Å². The molecule has 1 aromatic carbocycles. The van der Waals surface area contributed by atoms with Crippen LogP contribution in [0.3, 0.4) is 0 Å². The monoisotopic (exact) mass is 355 g/mol. The maximum Gasteiger partial charge on any atom is 0.343 e. The van der Waals surface area contributed by atoms with Gasteiger partial charge in [0.25, 0.3) is 0 Å². The number of benzene rings is 1. The van der Waals surface area contributed by atoms with E-state index >= 15 is 0 Å². The van der Waals surface area contributed by atoms with Crippen molar-refractivity contribution in [2.24, 2.45) is 7.05 Å². The van der Waals surface area contributed by atoms with Gasteiger partial charge in [-0.2, -0.15) is 0 Å². The van der Waals surface area contributed by atoms with E-state index in [1.807, 2.05) is 18.2 Å². The van der Waals surface area contributed by atoms with Crippen LogP contribution in [0.25, 0.3) is 0 Å². The molecule has 0 amide bonds. The number of hydrogen-bond donors (Lipinski definition) is 2. The van der Waals surface area contributed by atoms with Crippen LogP contribution in [-0.4, -0.2) is 46.3 Å². The Balaban J connectivity index is 1.55. The van der Waals surface area contributed by atoms with E-state index in [4.69, 9.17) is 16.3 Å². The summed E-state index contributed by atoms with van der Waals surface area (Å²) in [7, 11) is 1.71. The number of thioether (sulfide) groups is 1. The average Bonchev–Trinajstić information content (AvgIpc) is 2.87. The number of halogens is 1. The maximum atomic E-state index is 11.4. The number of aromatic nitrogens is 3. The Labute approximate surface area is 143 Å². The minimum atomic E-state index is -0.192. The number of aromatic amines is 1. The van der Waals surface area contributed by atoms with Gasteiger partial charge in [0.2, 0.25) is 0 Å². The molecule has 124 valence electrons. The Bertz CT molecular complexity index is 717. The fourth-order valence-electron chi connectivity index (χ4n) is 2.66. The highest BCUT2D eigenvalue weighted by Gasteiger charge is 2.25. The molecular weight excluding hydrogens is 336 g/mol. The van der Waals surface area contributed by atoms with Gasteiger partial charge in [0, 0.05) is 23.4 Å². The van der Waals surface area contributed by atoms with Gasteiger partial charge >= 0.3 is 5.69 Å². The van der Waals surface area contributed by atoms with Gasteiger partial charge in [0.05, 0.1) is 6.61 Å². The number of nitrogens with zero attached hydrogens (tertiary/aromatic N) is 2. The van der Waals surface area contributed by atoms with E-state index in [1.165, 1.54) is 15.0 Å². The van der Waals surface area contributed by atoms with Gasteiger partial charge in [0.15, 0.2) is 5.16 Å². The van der Waals surface area contributed by atoms with E-state index in [2.05, 4.69) is 16.3 Å². The summed E-state index contributed by atoms with van der Waals surface area (Å²) >= 11 is 7.79. The fourth-order valence-corrected chi connectivity index (χ4v) is 3.80. The Morgan fingerprint density at radius 2 is 2.35 bits per heavy atom. The first-order valence-electron chi connectivity index (χ1n) is 7.56. The van der Waals surface area contributed by atoms with Crippen LogP contribution in [0.5, 0.6) is 0 Å². The number of rotatable bonds is 5. The van der Waals surface area contributed by atoms with Crippen molar-refractivity contribution in [1.29, 1.82) is 0 Å². The Hall–Kier alpha value is -1.28. The van der Waals surface area contributed by atoms with Crippen LogP contribution < -0.4 is 10.6 Å². The number of nitrogens with one attached hydrogen (secondary N) is 2. The molecule has 1 aromatic heterocycles.